The topological polar surface area (TPSA) is 63.2 Å². The number of nitrogens with zero attached hydrogens (tertiary/aromatic N) is 2. The number of nitrogens with one attached hydrogen (secondary N) is 1. The number of esters is 1. The Labute approximate surface area is 162 Å². The molecule has 0 radical (unpaired) electrons. The number of ether oxygens (including phenoxy) is 2. The van der Waals surface area contributed by atoms with E-state index in [2.05, 4.69) is 22.1 Å². The fourth-order valence-corrected chi connectivity index (χ4v) is 2.80. The number of halogens is 1. The lowest BCUT2D eigenvalue weighted by Gasteiger charge is -2.34. The van der Waals surface area contributed by atoms with E-state index in [0.29, 0.717) is 26.3 Å². The molecular formula is C17H32IN3O3. The van der Waals surface area contributed by atoms with Gasteiger partial charge < -0.3 is 19.7 Å². The summed E-state index contributed by atoms with van der Waals surface area (Å²) in [5, 5.41) is 3.32. The molecule has 0 aromatic heterocycles. The number of piperidine rings is 1. The van der Waals surface area contributed by atoms with E-state index in [0.717, 1.165) is 44.4 Å². The van der Waals surface area contributed by atoms with Gasteiger partial charge in [-0.3, -0.25) is 9.79 Å². The summed E-state index contributed by atoms with van der Waals surface area (Å²) in [6.45, 7) is 9.01. The van der Waals surface area contributed by atoms with E-state index in [9.17, 15) is 4.79 Å². The van der Waals surface area contributed by atoms with E-state index < -0.39 is 0 Å². The highest BCUT2D eigenvalue weighted by Crippen LogP contribution is 2.28. The number of carbonyl (C=O) groups excluding carboxylic acids is 1. The summed E-state index contributed by atoms with van der Waals surface area (Å²) in [5.41, 5.74) is 0. The second-order valence-electron chi connectivity index (χ2n) is 6.29. The van der Waals surface area contributed by atoms with Crippen molar-refractivity contribution in [2.45, 2.75) is 39.5 Å². The molecule has 0 spiro atoms. The summed E-state index contributed by atoms with van der Waals surface area (Å²) in [4.78, 5) is 18.8. The number of hydrogen-bond acceptors (Lipinski definition) is 4. The lowest BCUT2D eigenvalue weighted by Crippen LogP contribution is -2.48. The molecule has 2 aliphatic rings. The number of aliphatic imine (C=N–C) groups is 1. The second kappa shape index (κ2) is 11.9. The number of guanidine groups is 1. The van der Waals surface area contributed by atoms with Crippen LogP contribution >= 0.6 is 24.0 Å². The first-order valence-electron chi connectivity index (χ1n) is 9.02. The van der Waals surface area contributed by atoms with Gasteiger partial charge in [0.2, 0.25) is 0 Å². The van der Waals surface area contributed by atoms with Gasteiger partial charge in [-0.15, -0.1) is 24.0 Å². The fraction of sp³-hybridized carbons (Fsp3) is 0.882. The molecule has 2 rings (SSSR count). The van der Waals surface area contributed by atoms with Crippen molar-refractivity contribution >= 4 is 35.9 Å². The Hall–Kier alpha value is -0.570. The van der Waals surface area contributed by atoms with Crippen LogP contribution in [0, 0.1) is 11.8 Å². The molecule has 0 aromatic rings. The Balaban J connectivity index is 0.00000288. The van der Waals surface area contributed by atoms with Gasteiger partial charge in [0.05, 0.1) is 25.7 Å². The molecule has 24 heavy (non-hydrogen) atoms. The second-order valence-corrected chi connectivity index (χ2v) is 6.29. The van der Waals surface area contributed by atoms with Crippen LogP contribution in [0.2, 0.25) is 0 Å². The first-order valence-corrected chi connectivity index (χ1v) is 9.02. The van der Waals surface area contributed by atoms with E-state index >= 15 is 0 Å². The van der Waals surface area contributed by atoms with Crippen LogP contribution in [0.3, 0.4) is 0 Å². The Morgan fingerprint density at radius 2 is 2.08 bits per heavy atom. The molecule has 7 heteroatoms. The minimum Gasteiger partial charge on any atom is -0.466 e. The van der Waals surface area contributed by atoms with Gasteiger partial charge in [0.25, 0.3) is 0 Å². The minimum atomic E-state index is -0.0826. The normalized spacial score (nSPS) is 21.2. The van der Waals surface area contributed by atoms with Crippen LogP contribution in [-0.2, 0) is 14.3 Å². The van der Waals surface area contributed by atoms with Crippen molar-refractivity contribution in [1.29, 1.82) is 0 Å². The van der Waals surface area contributed by atoms with E-state index in [4.69, 9.17) is 9.47 Å². The highest BCUT2D eigenvalue weighted by atomic mass is 127. The third kappa shape index (κ3) is 7.55. The number of likely N-dealkylation sites (tertiary alicyclic amines) is 1. The molecule has 1 saturated heterocycles. The van der Waals surface area contributed by atoms with Crippen LogP contribution in [-0.4, -0.2) is 62.8 Å². The standard InChI is InChI=1S/C17H31N3O3.HI/c1-3-18-17(19-9-11-22-13-14-7-8-14)20-10-5-6-15(12-20)16(21)23-4-2;/h14-15H,3-13H2,1-2H3,(H,18,19);1H. The van der Waals surface area contributed by atoms with Gasteiger partial charge in [-0.25, -0.2) is 0 Å². The average molecular weight is 453 g/mol. The maximum absolute atomic E-state index is 12.0. The van der Waals surface area contributed by atoms with Crippen molar-refractivity contribution in [2.75, 3.05) is 46.0 Å². The van der Waals surface area contributed by atoms with Crippen LogP contribution in [0.1, 0.15) is 39.5 Å². The molecule has 1 atom stereocenters. The Morgan fingerprint density at radius 1 is 1.29 bits per heavy atom. The first kappa shape index (κ1) is 21.5. The van der Waals surface area contributed by atoms with Crippen LogP contribution in [0.25, 0.3) is 0 Å². The molecular weight excluding hydrogens is 421 g/mol. The zero-order valence-electron chi connectivity index (χ0n) is 15.0. The summed E-state index contributed by atoms with van der Waals surface area (Å²) in [6, 6.07) is 0. The van der Waals surface area contributed by atoms with Crippen molar-refractivity contribution in [3.63, 3.8) is 0 Å². The summed E-state index contributed by atoms with van der Waals surface area (Å²) < 4.78 is 10.8. The van der Waals surface area contributed by atoms with Crippen LogP contribution in [0.4, 0.5) is 0 Å². The Morgan fingerprint density at radius 3 is 2.75 bits per heavy atom. The van der Waals surface area contributed by atoms with Gasteiger partial charge in [-0.2, -0.15) is 0 Å². The van der Waals surface area contributed by atoms with Gasteiger partial charge in [0, 0.05) is 26.2 Å². The number of carbonyl (C=O) groups is 1. The molecule has 0 bridgehead atoms. The highest BCUT2D eigenvalue weighted by molar-refractivity contribution is 14.0. The maximum Gasteiger partial charge on any atom is 0.310 e. The lowest BCUT2D eigenvalue weighted by molar-refractivity contribution is -0.149. The van der Waals surface area contributed by atoms with Crippen molar-refractivity contribution in [3.05, 3.63) is 0 Å². The van der Waals surface area contributed by atoms with Gasteiger partial charge in [0.1, 0.15) is 0 Å². The molecule has 1 saturated carbocycles. The molecule has 140 valence electrons. The van der Waals surface area contributed by atoms with Crippen molar-refractivity contribution in [1.82, 2.24) is 10.2 Å². The lowest BCUT2D eigenvalue weighted by atomic mass is 9.98. The summed E-state index contributed by atoms with van der Waals surface area (Å²) >= 11 is 0. The van der Waals surface area contributed by atoms with Crippen molar-refractivity contribution < 1.29 is 14.3 Å². The van der Waals surface area contributed by atoms with Crippen LogP contribution < -0.4 is 5.32 Å². The molecule has 1 heterocycles. The fourth-order valence-electron chi connectivity index (χ4n) is 2.80. The molecule has 1 unspecified atom stereocenters. The van der Waals surface area contributed by atoms with E-state index in [1.165, 1.54) is 12.8 Å². The van der Waals surface area contributed by atoms with E-state index in [1.807, 2.05) is 6.92 Å². The molecule has 1 N–H and O–H groups in total. The van der Waals surface area contributed by atoms with E-state index in [-0.39, 0.29) is 35.9 Å². The molecule has 6 nitrogen and oxygen atoms in total. The van der Waals surface area contributed by atoms with Crippen molar-refractivity contribution in [2.24, 2.45) is 16.8 Å². The summed E-state index contributed by atoms with van der Waals surface area (Å²) in [6.07, 6.45) is 4.52. The number of rotatable bonds is 8. The van der Waals surface area contributed by atoms with Gasteiger partial charge >= 0.3 is 5.97 Å². The molecule has 0 amide bonds. The predicted molar refractivity (Wildman–Crippen MR) is 106 cm³/mol. The quantitative estimate of drug-likeness (QED) is 0.201. The third-order valence-corrected chi connectivity index (χ3v) is 4.22. The monoisotopic (exact) mass is 453 g/mol. The smallest absolute Gasteiger partial charge is 0.310 e. The molecule has 1 aliphatic carbocycles. The Kier molecular flexibility index (Phi) is 10.6. The first-order chi connectivity index (χ1) is 11.2. The molecule has 2 fully saturated rings. The van der Waals surface area contributed by atoms with Gasteiger partial charge in [-0.05, 0) is 45.4 Å². The largest absolute Gasteiger partial charge is 0.466 e. The summed E-state index contributed by atoms with van der Waals surface area (Å²) in [5.74, 6) is 1.55. The van der Waals surface area contributed by atoms with Crippen LogP contribution in [0.5, 0.6) is 0 Å². The van der Waals surface area contributed by atoms with E-state index in [1.54, 1.807) is 0 Å². The zero-order chi connectivity index (χ0) is 16.5. The zero-order valence-corrected chi connectivity index (χ0v) is 17.3. The average Bonchev–Trinajstić information content (AvgIpc) is 3.38. The van der Waals surface area contributed by atoms with Crippen molar-refractivity contribution in [3.8, 4) is 0 Å². The maximum atomic E-state index is 12.0. The highest BCUT2D eigenvalue weighted by Gasteiger charge is 2.28. The molecule has 0 aromatic carbocycles. The third-order valence-electron chi connectivity index (χ3n) is 4.22. The number of hydrogen-bond donors (Lipinski definition) is 1. The SMILES string of the molecule is CCNC(=NCCOCC1CC1)N1CCCC(C(=O)OCC)C1.I. The van der Waals surface area contributed by atoms with Crippen LogP contribution in [0.15, 0.2) is 4.99 Å². The van der Waals surface area contributed by atoms with Gasteiger partial charge in [0.15, 0.2) is 5.96 Å². The minimum absolute atomic E-state index is 0. The van der Waals surface area contributed by atoms with Gasteiger partial charge in [-0.1, -0.05) is 0 Å². The Bertz CT molecular complexity index is 403. The molecule has 1 aliphatic heterocycles. The summed E-state index contributed by atoms with van der Waals surface area (Å²) in [7, 11) is 0. The predicted octanol–water partition coefficient (Wildman–Crippen LogP) is 2.27.